The molecule has 0 unspecified atom stereocenters. The fourth-order valence-corrected chi connectivity index (χ4v) is 4.64. The third-order valence-corrected chi connectivity index (χ3v) is 6.66. The molecular formula is C25H31N5O2S. The van der Waals surface area contributed by atoms with Gasteiger partial charge >= 0.3 is 0 Å². The van der Waals surface area contributed by atoms with Crippen molar-refractivity contribution >= 4 is 29.3 Å². The Morgan fingerprint density at radius 1 is 1.09 bits per heavy atom. The number of nitrogens with one attached hydrogen (secondary N) is 1. The van der Waals surface area contributed by atoms with Crippen LogP contribution >= 0.6 is 11.8 Å². The topological polar surface area (TPSA) is 72.3 Å². The number of morpholine rings is 1. The van der Waals surface area contributed by atoms with Gasteiger partial charge in [-0.3, -0.25) is 9.36 Å². The lowest BCUT2D eigenvalue weighted by Crippen LogP contribution is -2.37. The second-order valence-electron chi connectivity index (χ2n) is 8.58. The van der Waals surface area contributed by atoms with Crippen molar-refractivity contribution in [2.24, 2.45) is 0 Å². The Balaban J connectivity index is 1.55. The molecule has 8 heteroatoms. The van der Waals surface area contributed by atoms with Gasteiger partial charge in [0.15, 0.2) is 5.16 Å². The van der Waals surface area contributed by atoms with Gasteiger partial charge in [0.2, 0.25) is 11.9 Å². The molecular weight excluding hydrogens is 434 g/mol. The summed E-state index contributed by atoms with van der Waals surface area (Å²) in [6.45, 7) is 11.2. The van der Waals surface area contributed by atoms with Crippen molar-refractivity contribution in [1.29, 1.82) is 0 Å². The number of anilines is 2. The highest BCUT2D eigenvalue weighted by Crippen LogP contribution is 2.30. The molecule has 1 aliphatic heterocycles. The molecule has 7 nitrogen and oxygen atoms in total. The fraction of sp³-hybridized carbons (Fsp3) is 0.400. The van der Waals surface area contributed by atoms with Crippen molar-refractivity contribution in [2.45, 2.75) is 38.8 Å². The van der Waals surface area contributed by atoms with Crippen LogP contribution in [0.3, 0.4) is 0 Å². The number of amides is 1. The minimum absolute atomic E-state index is 0.0532. The molecule has 1 fully saturated rings. The summed E-state index contributed by atoms with van der Waals surface area (Å²) in [5, 5.41) is 12.8. The van der Waals surface area contributed by atoms with E-state index in [1.165, 1.54) is 17.3 Å². The first-order valence-corrected chi connectivity index (χ1v) is 12.3. The lowest BCUT2D eigenvalue weighted by Gasteiger charge is -2.28. The Morgan fingerprint density at radius 3 is 2.52 bits per heavy atom. The first-order valence-electron chi connectivity index (χ1n) is 11.3. The predicted octanol–water partition coefficient (Wildman–Crippen LogP) is 4.57. The quantitative estimate of drug-likeness (QED) is 0.515. The van der Waals surface area contributed by atoms with Crippen LogP contribution in [0, 0.1) is 13.8 Å². The van der Waals surface area contributed by atoms with E-state index in [4.69, 9.17) is 4.74 Å². The maximum absolute atomic E-state index is 12.9. The van der Waals surface area contributed by atoms with Crippen LogP contribution in [0.25, 0.3) is 5.69 Å². The van der Waals surface area contributed by atoms with Gasteiger partial charge in [0, 0.05) is 18.8 Å². The summed E-state index contributed by atoms with van der Waals surface area (Å²) in [6.07, 6.45) is 0. The van der Waals surface area contributed by atoms with Gasteiger partial charge in [-0.1, -0.05) is 61.5 Å². The number of hydrogen-bond donors (Lipinski definition) is 1. The van der Waals surface area contributed by atoms with Crippen molar-refractivity contribution in [3.63, 3.8) is 0 Å². The molecule has 174 valence electrons. The average molecular weight is 466 g/mol. The molecule has 1 saturated heterocycles. The number of nitrogens with zero attached hydrogens (tertiary/aromatic N) is 4. The van der Waals surface area contributed by atoms with Gasteiger partial charge in [0.1, 0.15) is 0 Å². The second-order valence-corrected chi connectivity index (χ2v) is 9.53. The number of ether oxygens (including phenoxy) is 1. The summed E-state index contributed by atoms with van der Waals surface area (Å²) in [7, 11) is 0. The van der Waals surface area contributed by atoms with Crippen LogP contribution in [0.2, 0.25) is 0 Å². The number of carbonyl (C=O) groups is 1. The molecule has 0 saturated carbocycles. The molecule has 4 rings (SSSR count). The molecule has 33 heavy (non-hydrogen) atoms. The minimum Gasteiger partial charge on any atom is -0.378 e. The van der Waals surface area contributed by atoms with Crippen molar-refractivity contribution in [1.82, 2.24) is 14.8 Å². The number of aryl methyl sites for hydroxylation is 2. The highest BCUT2D eigenvalue weighted by atomic mass is 32.2. The number of thioether (sulfide) groups is 1. The molecule has 0 atom stereocenters. The summed E-state index contributed by atoms with van der Waals surface area (Å²) in [4.78, 5) is 15.1. The van der Waals surface area contributed by atoms with Gasteiger partial charge in [-0.25, -0.2) is 0 Å². The zero-order valence-electron chi connectivity index (χ0n) is 19.7. The van der Waals surface area contributed by atoms with Gasteiger partial charge in [0.05, 0.1) is 24.7 Å². The lowest BCUT2D eigenvalue weighted by atomic mass is 9.98. The summed E-state index contributed by atoms with van der Waals surface area (Å²) in [5.74, 6) is 1.31. The molecule has 1 amide bonds. The fourth-order valence-electron chi connectivity index (χ4n) is 3.89. The maximum atomic E-state index is 12.9. The van der Waals surface area contributed by atoms with E-state index >= 15 is 0 Å². The lowest BCUT2D eigenvalue weighted by molar-refractivity contribution is -0.113. The van der Waals surface area contributed by atoms with Crippen LogP contribution in [0.4, 0.5) is 11.6 Å². The molecule has 0 bridgehead atoms. The smallest absolute Gasteiger partial charge is 0.234 e. The Hall–Kier alpha value is -2.84. The normalized spacial score (nSPS) is 14.0. The molecule has 1 aromatic heterocycles. The van der Waals surface area contributed by atoms with Crippen molar-refractivity contribution in [3.05, 3.63) is 59.2 Å². The molecule has 1 N–H and O–H groups in total. The van der Waals surface area contributed by atoms with E-state index in [1.807, 2.05) is 23.6 Å². The molecule has 1 aliphatic rings. The monoisotopic (exact) mass is 465 g/mol. The Kier molecular flexibility index (Phi) is 7.35. The zero-order valence-corrected chi connectivity index (χ0v) is 20.5. The molecule has 0 aliphatic carbocycles. The zero-order chi connectivity index (χ0) is 23.4. The second kappa shape index (κ2) is 10.4. The van der Waals surface area contributed by atoms with E-state index in [2.05, 4.69) is 71.5 Å². The summed E-state index contributed by atoms with van der Waals surface area (Å²) in [6, 6.07) is 14.4. The third-order valence-electron chi connectivity index (χ3n) is 5.73. The minimum atomic E-state index is -0.0532. The summed E-state index contributed by atoms with van der Waals surface area (Å²) < 4.78 is 7.54. The van der Waals surface area contributed by atoms with E-state index in [0.717, 1.165) is 41.5 Å². The summed E-state index contributed by atoms with van der Waals surface area (Å²) in [5.41, 5.74) is 5.29. The number of benzene rings is 2. The van der Waals surface area contributed by atoms with Gasteiger partial charge < -0.3 is 15.0 Å². The summed E-state index contributed by atoms with van der Waals surface area (Å²) >= 11 is 1.40. The standard InChI is InChI=1S/C25H31N5O2S/c1-17(2)21-7-5-6-19(4)23(21)26-22(31)16-33-25-28-27-24(29-12-14-32-15-13-29)30(25)20-10-8-18(3)9-11-20/h5-11,17H,12-16H2,1-4H3,(H,26,31). The SMILES string of the molecule is Cc1ccc(-n2c(SCC(=O)Nc3c(C)cccc3C(C)C)nnc2N2CCOCC2)cc1. The third kappa shape index (κ3) is 5.39. The van der Waals surface area contributed by atoms with Crippen LogP contribution in [0.5, 0.6) is 0 Å². The molecule has 0 radical (unpaired) electrons. The van der Waals surface area contributed by atoms with E-state index in [1.54, 1.807) is 0 Å². The van der Waals surface area contributed by atoms with Crippen LogP contribution in [0.1, 0.15) is 36.5 Å². The number of carbonyl (C=O) groups excluding carboxylic acids is 1. The number of para-hydroxylation sites is 1. The Bertz CT molecular complexity index is 1100. The maximum Gasteiger partial charge on any atom is 0.234 e. The molecule has 3 aromatic rings. The van der Waals surface area contributed by atoms with E-state index in [9.17, 15) is 4.79 Å². The Labute approximate surface area is 199 Å². The largest absolute Gasteiger partial charge is 0.378 e. The molecule has 0 spiro atoms. The van der Waals surface area contributed by atoms with Gasteiger partial charge in [-0.2, -0.15) is 0 Å². The highest BCUT2D eigenvalue weighted by Gasteiger charge is 2.22. The highest BCUT2D eigenvalue weighted by molar-refractivity contribution is 7.99. The molecule has 2 heterocycles. The van der Waals surface area contributed by atoms with Crippen molar-refractivity contribution in [3.8, 4) is 5.69 Å². The van der Waals surface area contributed by atoms with Crippen LogP contribution in [0.15, 0.2) is 47.6 Å². The number of hydrogen-bond acceptors (Lipinski definition) is 6. The molecule has 2 aromatic carbocycles. The first-order chi connectivity index (χ1) is 15.9. The van der Waals surface area contributed by atoms with Crippen LogP contribution in [-0.4, -0.2) is 52.7 Å². The van der Waals surface area contributed by atoms with Gasteiger partial charge in [-0.15, -0.1) is 10.2 Å². The van der Waals surface area contributed by atoms with Crippen LogP contribution < -0.4 is 10.2 Å². The van der Waals surface area contributed by atoms with E-state index < -0.39 is 0 Å². The van der Waals surface area contributed by atoms with Crippen molar-refractivity contribution in [2.75, 3.05) is 42.3 Å². The van der Waals surface area contributed by atoms with E-state index in [0.29, 0.717) is 24.3 Å². The first kappa shape index (κ1) is 23.3. The average Bonchev–Trinajstić information content (AvgIpc) is 3.24. The van der Waals surface area contributed by atoms with Crippen molar-refractivity contribution < 1.29 is 9.53 Å². The van der Waals surface area contributed by atoms with Gasteiger partial charge in [-0.05, 0) is 43.0 Å². The number of aromatic nitrogens is 3. The van der Waals surface area contributed by atoms with E-state index in [-0.39, 0.29) is 11.7 Å². The number of rotatable bonds is 7. The predicted molar refractivity (Wildman–Crippen MR) is 134 cm³/mol. The van der Waals surface area contributed by atoms with Crippen LogP contribution in [-0.2, 0) is 9.53 Å². The van der Waals surface area contributed by atoms with Gasteiger partial charge in [0.25, 0.3) is 0 Å². The Morgan fingerprint density at radius 2 is 1.82 bits per heavy atom.